The highest BCUT2D eigenvalue weighted by Crippen LogP contribution is 2.41. The summed E-state index contributed by atoms with van der Waals surface area (Å²) in [4.78, 5) is 36.9. The maximum absolute atomic E-state index is 13.1. The fourth-order valence-electron chi connectivity index (χ4n) is 5.11. The van der Waals surface area contributed by atoms with Crippen LogP contribution < -0.4 is 10.3 Å². The average Bonchev–Trinajstić information content (AvgIpc) is 3.19. The quantitative estimate of drug-likeness (QED) is 0.499. The Balaban J connectivity index is 1.50. The van der Waals surface area contributed by atoms with Crippen LogP contribution in [0.25, 0.3) is 26.1 Å². The number of para-hydroxylation sites is 1. The number of aromatic nitrogens is 3. The van der Waals surface area contributed by atoms with Gasteiger partial charge in [-0.05, 0) is 43.2 Å². The molecule has 5 heterocycles. The number of piperidine rings is 1. The standard InChI is InChI=1S/C23H22N4O4S/c28-18-14-13-24-22(26-9-5-23(6-10-26)7-11-31-12-8-23)25-19(14)27-15-3-1-2-4-16(15)32-20(27)17(18)21(29)30/h1-4,13H,5-12H2,(H,29,30). The Morgan fingerprint density at radius 1 is 1.12 bits per heavy atom. The van der Waals surface area contributed by atoms with Crippen molar-refractivity contribution in [1.29, 1.82) is 0 Å². The fourth-order valence-corrected chi connectivity index (χ4v) is 6.29. The van der Waals surface area contributed by atoms with Gasteiger partial charge < -0.3 is 14.7 Å². The van der Waals surface area contributed by atoms with Gasteiger partial charge in [-0.3, -0.25) is 9.20 Å². The molecule has 2 saturated heterocycles. The third-order valence-corrected chi connectivity index (χ3v) is 8.19. The molecule has 0 amide bonds. The van der Waals surface area contributed by atoms with Crippen molar-refractivity contribution in [1.82, 2.24) is 14.4 Å². The normalized spacial score (nSPS) is 18.7. The summed E-state index contributed by atoms with van der Waals surface area (Å²) in [6.07, 6.45) is 5.85. The Labute approximate surface area is 187 Å². The number of nitrogens with zero attached hydrogens (tertiary/aromatic N) is 4. The zero-order valence-corrected chi connectivity index (χ0v) is 18.2. The van der Waals surface area contributed by atoms with E-state index in [1.807, 2.05) is 24.3 Å². The van der Waals surface area contributed by atoms with Gasteiger partial charge in [0, 0.05) is 32.5 Å². The van der Waals surface area contributed by atoms with Crippen LogP contribution in [0, 0.1) is 5.41 Å². The Morgan fingerprint density at radius 3 is 2.62 bits per heavy atom. The molecule has 1 N–H and O–H groups in total. The SMILES string of the molecule is O=C(O)c1c(=O)c2cnc(N3CCC4(CCOCC4)CC3)nc2n2c1sc1ccccc12. The molecule has 0 aliphatic carbocycles. The van der Waals surface area contributed by atoms with Gasteiger partial charge in [-0.2, -0.15) is 4.98 Å². The lowest BCUT2D eigenvalue weighted by Gasteiger charge is -2.44. The molecule has 1 aromatic carbocycles. The van der Waals surface area contributed by atoms with Crippen LogP contribution in [0.3, 0.4) is 0 Å². The number of hydrogen-bond donors (Lipinski definition) is 1. The molecule has 164 valence electrons. The van der Waals surface area contributed by atoms with Crippen LogP contribution in [0.15, 0.2) is 35.3 Å². The predicted molar refractivity (Wildman–Crippen MR) is 123 cm³/mol. The second-order valence-electron chi connectivity index (χ2n) is 8.73. The molecule has 2 fully saturated rings. The Morgan fingerprint density at radius 2 is 1.88 bits per heavy atom. The number of aromatic carboxylic acids is 1. The largest absolute Gasteiger partial charge is 0.477 e. The highest BCUT2D eigenvalue weighted by atomic mass is 32.1. The van der Waals surface area contributed by atoms with Crippen LogP contribution in [0.1, 0.15) is 36.0 Å². The molecule has 0 saturated carbocycles. The van der Waals surface area contributed by atoms with Gasteiger partial charge in [-0.25, -0.2) is 9.78 Å². The summed E-state index contributed by atoms with van der Waals surface area (Å²) in [5, 5.41) is 9.99. The summed E-state index contributed by atoms with van der Waals surface area (Å²) < 4.78 is 8.26. The molecule has 3 aromatic heterocycles. The number of benzene rings is 1. The van der Waals surface area contributed by atoms with Gasteiger partial charge in [0.1, 0.15) is 10.4 Å². The molecule has 0 radical (unpaired) electrons. The topological polar surface area (TPSA) is 97.0 Å². The molecule has 1 spiro atoms. The zero-order chi connectivity index (χ0) is 21.9. The van der Waals surface area contributed by atoms with Gasteiger partial charge in [0.05, 0.1) is 15.6 Å². The average molecular weight is 451 g/mol. The van der Waals surface area contributed by atoms with Gasteiger partial charge in [0.2, 0.25) is 11.4 Å². The summed E-state index contributed by atoms with van der Waals surface area (Å²) in [5.41, 5.74) is 0.892. The van der Waals surface area contributed by atoms with Crippen molar-refractivity contribution in [2.24, 2.45) is 5.41 Å². The highest BCUT2D eigenvalue weighted by molar-refractivity contribution is 7.24. The third kappa shape index (κ3) is 2.91. The molecule has 32 heavy (non-hydrogen) atoms. The van der Waals surface area contributed by atoms with Crippen LogP contribution in [0.5, 0.6) is 0 Å². The molecule has 0 bridgehead atoms. The molecule has 2 aliphatic rings. The summed E-state index contributed by atoms with van der Waals surface area (Å²) in [7, 11) is 0. The number of anilines is 1. The minimum absolute atomic E-state index is 0.227. The number of carboxylic acids is 1. The van der Waals surface area contributed by atoms with Crippen molar-refractivity contribution in [3.05, 3.63) is 46.2 Å². The molecule has 2 aliphatic heterocycles. The summed E-state index contributed by atoms with van der Waals surface area (Å²) in [6, 6.07) is 7.65. The maximum atomic E-state index is 13.1. The molecule has 4 aromatic rings. The number of fused-ring (bicyclic) bond motifs is 5. The Hall–Kier alpha value is -3.04. The van der Waals surface area contributed by atoms with E-state index in [2.05, 4.69) is 9.88 Å². The van der Waals surface area contributed by atoms with E-state index < -0.39 is 11.4 Å². The molecule has 6 rings (SSSR count). The smallest absolute Gasteiger partial charge is 0.342 e. The third-order valence-electron chi connectivity index (χ3n) is 7.04. The number of carboxylic acid groups (broad SMARTS) is 1. The van der Waals surface area contributed by atoms with Crippen molar-refractivity contribution in [2.75, 3.05) is 31.2 Å². The summed E-state index contributed by atoms with van der Waals surface area (Å²) in [6.45, 7) is 3.40. The first kappa shape index (κ1) is 19.6. The van der Waals surface area contributed by atoms with Crippen molar-refractivity contribution >= 4 is 49.3 Å². The van der Waals surface area contributed by atoms with Crippen LogP contribution in [0.2, 0.25) is 0 Å². The van der Waals surface area contributed by atoms with E-state index in [0.717, 1.165) is 62.2 Å². The van der Waals surface area contributed by atoms with E-state index in [4.69, 9.17) is 9.72 Å². The minimum Gasteiger partial charge on any atom is -0.477 e. The number of carbonyl (C=O) groups is 1. The number of pyridine rings is 1. The van der Waals surface area contributed by atoms with Crippen LogP contribution in [-0.4, -0.2) is 51.7 Å². The molecule has 0 atom stereocenters. The lowest BCUT2D eigenvalue weighted by Crippen LogP contribution is -2.43. The first-order chi connectivity index (χ1) is 15.6. The Bertz CT molecular complexity index is 1430. The lowest BCUT2D eigenvalue weighted by molar-refractivity contribution is 0.00199. The molecular weight excluding hydrogens is 428 g/mol. The van der Waals surface area contributed by atoms with Crippen molar-refractivity contribution < 1.29 is 14.6 Å². The second kappa shape index (κ2) is 7.25. The van der Waals surface area contributed by atoms with E-state index in [9.17, 15) is 14.7 Å². The van der Waals surface area contributed by atoms with Crippen LogP contribution in [0.4, 0.5) is 5.95 Å². The van der Waals surface area contributed by atoms with Crippen molar-refractivity contribution in [2.45, 2.75) is 25.7 Å². The minimum atomic E-state index is -1.23. The maximum Gasteiger partial charge on any atom is 0.342 e. The van der Waals surface area contributed by atoms with E-state index in [1.54, 1.807) is 4.40 Å². The number of thiazole rings is 1. The highest BCUT2D eigenvalue weighted by Gasteiger charge is 2.36. The van der Waals surface area contributed by atoms with Gasteiger partial charge in [0.25, 0.3) is 0 Å². The van der Waals surface area contributed by atoms with E-state index in [0.29, 0.717) is 21.8 Å². The first-order valence-electron chi connectivity index (χ1n) is 10.9. The number of ether oxygens (including phenoxy) is 1. The van der Waals surface area contributed by atoms with Crippen molar-refractivity contribution in [3.63, 3.8) is 0 Å². The van der Waals surface area contributed by atoms with E-state index >= 15 is 0 Å². The summed E-state index contributed by atoms with van der Waals surface area (Å²) >= 11 is 1.30. The first-order valence-corrected chi connectivity index (χ1v) is 11.7. The predicted octanol–water partition coefficient (Wildman–Crippen LogP) is 3.55. The number of rotatable bonds is 2. The monoisotopic (exact) mass is 450 g/mol. The van der Waals surface area contributed by atoms with Gasteiger partial charge in [-0.15, -0.1) is 11.3 Å². The summed E-state index contributed by atoms with van der Waals surface area (Å²) in [5.74, 6) is -0.645. The van der Waals surface area contributed by atoms with Gasteiger partial charge in [0.15, 0.2) is 5.65 Å². The molecule has 0 unspecified atom stereocenters. The number of hydrogen-bond acceptors (Lipinski definition) is 7. The molecule has 9 heteroatoms. The zero-order valence-electron chi connectivity index (χ0n) is 17.4. The van der Waals surface area contributed by atoms with E-state index in [1.165, 1.54) is 17.5 Å². The second-order valence-corrected chi connectivity index (χ2v) is 9.76. The van der Waals surface area contributed by atoms with Crippen LogP contribution in [-0.2, 0) is 4.74 Å². The van der Waals surface area contributed by atoms with E-state index in [-0.39, 0.29) is 10.9 Å². The van der Waals surface area contributed by atoms with Gasteiger partial charge >= 0.3 is 5.97 Å². The fraction of sp³-hybridized carbons (Fsp3) is 0.391. The Kier molecular flexibility index (Phi) is 4.44. The van der Waals surface area contributed by atoms with Crippen molar-refractivity contribution in [3.8, 4) is 0 Å². The van der Waals surface area contributed by atoms with Gasteiger partial charge in [-0.1, -0.05) is 12.1 Å². The molecular formula is C23H22N4O4S. The lowest BCUT2D eigenvalue weighted by atomic mass is 9.72. The van der Waals surface area contributed by atoms with Crippen LogP contribution >= 0.6 is 11.3 Å². The molecule has 8 nitrogen and oxygen atoms in total.